The van der Waals surface area contributed by atoms with Crippen LogP contribution < -0.4 is 5.32 Å². The summed E-state index contributed by atoms with van der Waals surface area (Å²) in [5.41, 5.74) is 1.23. The zero-order valence-electron chi connectivity index (χ0n) is 17.4. The summed E-state index contributed by atoms with van der Waals surface area (Å²) in [6.45, 7) is 2.34. The van der Waals surface area contributed by atoms with Crippen molar-refractivity contribution in [3.05, 3.63) is 70.5 Å². The van der Waals surface area contributed by atoms with Crippen LogP contribution in [0.1, 0.15) is 43.7 Å². The average molecular weight is 442 g/mol. The molecule has 0 aromatic heterocycles. The van der Waals surface area contributed by atoms with E-state index in [1.54, 1.807) is 11.0 Å². The minimum atomic E-state index is -0.661. The normalized spacial score (nSPS) is 23.2. The van der Waals surface area contributed by atoms with Gasteiger partial charge in [0, 0.05) is 12.1 Å². The summed E-state index contributed by atoms with van der Waals surface area (Å²) >= 11 is 5.81. The number of rotatable bonds is 5. The van der Waals surface area contributed by atoms with Crippen LogP contribution in [0.4, 0.5) is 4.39 Å². The molecule has 1 saturated carbocycles. The van der Waals surface area contributed by atoms with E-state index >= 15 is 0 Å². The van der Waals surface area contributed by atoms with Gasteiger partial charge < -0.3 is 10.2 Å². The van der Waals surface area contributed by atoms with Crippen molar-refractivity contribution in [3.8, 4) is 0 Å². The van der Waals surface area contributed by atoms with Gasteiger partial charge in [0.2, 0.25) is 5.91 Å². The van der Waals surface area contributed by atoms with E-state index in [0.29, 0.717) is 17.2 Å². The van der Waals surface area contributed by atoms with E-state index in [1.807, 2.05) is 30.3 Å². The van der Waals surface area contributed by atoms with Crippen LogP contribution in [0.5, 0.6) is 0 Å². The number of aliphatic imine (C=N–C) groups is 1. The highest BCUT2D eigenvalue weighted by atomic mass is 35.5. The molecule has 1 spiro atoms. The molecule has 162 valence electrons. The molecular weight excluding hydrogens is 417 g/mol. The molecule has 0 radical (unpaired) electrons. The number of carbonyl (C=O) groups is 2. The Morgan fingerprint density at radius 1 is 1.23 bits per heavy atom. The zero-order chi connectivity index (χ0) is 22.0. The Balaban J connectivity index is 1.50. The van der Waals surface area contributed by atoms with Crippen molar-refractivity contribution < 1.29 is 14.0 Å². The summed E-state index contributed by atoms with van der Waals surface area (Å²) in [5.74, 6) is -0.411. The highest BCUT2D eigenvalue weighted by molar-refractivity contribution is 6.47. The molecule has 1 aliphatic heterocycles. The van der Waals surface area contributed by atoms with Crippen molar-refractivity contribution in [2.24, 2.45) is 10.9 Å². The van der Waals surface area contributed by atoms with Gasteiger partial charge >= 0.3 is 0 Å². The van der Waals surface area contributed by atoms with E-state index in [0.717, 1.165) is 31.2 Å². The van der Waals surface area contributed by atoms with Gasteiger partial charge in [0.1, 0.15) is 23.7 Å². The molecule has 31 heavy (non-hydrogen) atoms. The SMILES string of the molecule is CC1CCC2(CC1)N=C(c1ccccc1)C(=O)N2CC(=O)NCc1ccc(F)c(Cl)c1. The van der Waals surface area contributed by atoms with Crippen LogP contribution in [0.3, 0.4) is 0 Å². The molecule has 2 aromatic rings. The number of nitrogens with one attached hydrogen (secondary N) is 1. The lowest BCUT2D eigenvalue weighted by molar-refractivity contribution is -0.136. The van der Waals surface area contributed by atoms with Gasteiger partial charge in [-0.3, -0.25) is 14.6 Å². The average Bonchev–Trinajstić information content (AvgIpc) is 3.03. The molecule has 0 unspecified atom stereocenters. The summed E-state index contributed by atoms with van der Waals surface area (Å²) in [4.78, 5) is 32.6. The lowest BCUT2D eigenvalue weighted by atomic mass is 9.82. The molecule has 0 bridgehead atoms. The molecule has 5 nitrogen and oxygen atoms in total. The van der Waals surface area contributed by atoms with Crippen molar-refractivity contribution in [1.29, 1.82) is 0 Å². The summed E-state index contributed by atoms with van der Waals surface area (Å²) in [6, 6.07) is 13.7. The van der Waals surface area contributed by atoms with Gasteiger partial charge in [-0.05, 0) is 49.3 Å². The smallest absolute Gasteiger partial charge is 0.275 e. The second-order valence-corrected chi connectivity index (χ2v) is 8.82. The Bertz CT molecular complexity index is 1020. The van der Waals surface area contributed by atoms with Crippen molar-refractivity contribution in [2.75, 3.05) is 6.54 Å². The first kappa shape index (κ1) is 21.5. The third-order valence-corrected chi connectivity index (χ3v) is 6.46. The number of hydrogen-bond acceptors (Lipinski definition) is 3. The van der Waals surface area contributed by atoms with Crippen LogP contribution in [0.15, 0.2) is 53.5 Å². The van der Waals surface area contributed by atoms with Crippen LogP contribution >= 0.6 is 11.6 Å². The number of halogens is 2. The van der Waals surface area contributed by atoms with Crippen LogP contribution in [0.2, 0.25) is 5.02 Å². The van der Waals surface area contributed by atoms with E-state index in [-0.39, 0.29) is 29.9 Å². The monoisotopic (exact) mass is 441 g/mol. The second kappa shape index (κ2) is 8.79. The third kappa shape index (κ3) is 4.49. The Hall–Kier alpha value is -2.73. The first-order valence-electron chi connectivity index (χ1n) is 10.6. The van der Waals surface area contributed by atoms with Gasteiger partial charge in [-0.25, -0.2) is 4.39 Å². The van der Waals surface area contributed by atoms with Gasteiger partial charge in [-0.1, -0.05) is 54.9 Å². The zero-order valence-corrected chi connectivity index (χ0v) is 18.2. The van der Waals surface area contributed by atoms with Crippen LogP contribution in [0.25, 0.3) is 0 Å². The Morgan fingerprint density at radius 2 is 1.94 bits per heavy atom. The summed E-state index contributed by atoms with van der Waals surface area (Å²) in [6.07, 6.45) is 3.42. The summed E-state index contributed by atoms with van der Waals surface area (Å²) in [7, 11) is 0. The molecular formula is C24H25ClFN3O2. The highest BCUT2D eigenvalue weighted by Gasteiger charge is 2.49. The van der Waals surface area contributed by atoms with Crippen LogP contribution in [-0.2, 0) is 16.1 Å². The largest absolute Gasteiger partial charge is 0.350 e. The van der Waals surface area contributed by atoms with Crippen molar-refractivity contribution in [2.45, 2.75) is 44.8 Å². The minimum absolute atomic E-state index is 0.0117. The van der Waals surface area contributed by atoms with Crippen molar-refractivity contribution in [1.82, 2.24) is 10.2 Å². The Kier molecular flexibility index (Phi) is 6.10. The molecule has 1 N–H and O–H groups in total. The molecule has 2 amide bonds. The minimum Gasteiger partial charge on any atom is -0.350 e. The van der Waals surface area contributed by atoms with Crippen LogP contribution in [-0.4, -0.2) is 34.6 Å². The molecule has 1 aliphatic carbocycles. The fourth-order valence-corrected chi connectivity index (χ4v) is 4.50. The summed E-state index contributed by atoms with van der Waals surface area (Å²) in [5, 5.41) is 2.83. The van der Waals surface area contributed by atoms with Crippen molar-refractivity contribution >= 4 is 29.1 Å². The first-order valence-corrected chi connectivity index (χ1v) is 10.9. The van der Waals surface area contributed by atoms with E-state index < -0.39 is 11.5 Å². The molecule has 2 aliphatic rings. The van der Waals surface area contributed by atoms with E-state index in [9.17, 15) is 14.0 Å². The predicted octanol–water partition coefficient (Wildman–Crippen LogP) is 4.33. The van der Waals surface area contributed by atoms with Crippen LogP contribution in [0, 0.1) is 11.7 Å². The quantitative estimate of drug-likeness (QED) is 0.750. The van der Waals surface area contributed by atoms with Gasteiger partial charge in [0.25, 0.3) is 5.91 Å². The number of amides is 2. The van der Waals surface area contributed by atoms with Gasteiger partial charge in [0.15, 0.2) is 0 Å². The number of benzene rings is 2. The third-order valence-electron chi connectivity index (χ3n) is 6.17. The van der Waals surface area contributed by atoms with E-state index in [1.165, 1.54) is 12.1 Å². The van der Waals surface area contributed by atoms with Gasteiger partial charge in [-0.15, -0.1) is 0 Å². The molecule has 1 fully saturated rings. The first-order chi connectivity index (χ1) is 14.9. The maximum atomic E-state index is 13.3. The maximum Gasteiger partial charge on any atom is 0.275 e. The van der Waals surface area contributed by atoms with Gasteiger partial charge in [-0.2, -0.15) is 0 Å². The van der Waals surface area contributed by atoms with Crippen molar-refractivity contribution in [3.63, 3.8) is 0 Å². The second-order valence-electron chi connectivity index (χ2n) is 8.41. The number of carbonyl (C=O) groups excluding carboxylic acids is 2. The van der Waals surface area contributed by atoms with Gasteiger partial charge in [0.05, 0.1) is 5.02 Å². The number of hydrogen-bond donors (Lipinski definition) is 1. The topological polar surface area (TPSA) is 61.8 Å². The Labute approximate surface area is 186 Å². The molecule has 0 atom stereocenters. The molecule has 7 heteroatoms. The lowest BCUT2D eigenvalue weighted by Gasteiger charge is -2.40. The standard InChI is InChI=1S/C24H25ClFN3O2/c1-16-9-11-24(12-10-16)28-22(18-5-3-2-4-6-18)23(31)29(24)15-21(30)27-14-17-7-8-20(26)19(25)13-17/h2-8,13,16H,9-12,14-15H2,1H3,(H,27,30). The predicted molar refractivity (Wildman–Crippen MR) is 118 cm³/mol. The fourth-order valence-electron chi connectivity index (χ4n) is 4.29. The molecule has 0 saturated heterocycles. The molecule has 2 aromatic carbocycles. The molecule has 1 heterocycles. The Morgan fingerprint density at radius 3 is 2.61 bits per heavy atom. The van der Waals surface area contributed by atoms with E-state index in [4.69, 9.17) is 16.6 Å². The summed E-state index contributed by atoms with van der Waals surface area (Å²) < 4.78 is 13.3. The maximum absolute atomic E-state index is 13.3. The fraction of sp³-hybridized carbons (Fsp3) is 0.375. The molecule has 4 rings (SSSR count). The highest BCUT2D eigenvalue weighted by Crippen LogP contribution is 2.41. The number of nitrogens with zero attached hydrogens (tertiary/aromatic N) is 2. The lowest BCUT2D eigenvalue weighted by Crippen LogP contribution is -2.52. The van der Waals surface area contributed by atoms with E-state index in [2.05, 4.69) is 12.2 Å².